The van der Waals surface area contributed by atoms with Crippen molar-refractivity contribution in [2.75, 3.05) is 10.7 Å². The number of hydrogen-bond donors (Lipinski definition) is 0. The fraction of sp³-hybridized carbons (Fsp3) is 0.278. The van der Waals surface area contributed by atoms with Gasteiger partial charge in [0.1, 0.15) is 11.2 Å². The first kappa shape index (κ1) is 15.1. The van der Waals surface area contributed by atoms with Crippen molar-refractivity contribution in [3.05, 3.63) is 65.5 Å². The highest BCUT2D eigenvalue weighted by atomic mass is 32.2. The van der Waals surface area contributed by atoms with Crippen LogP contribution < -0.4 is 4.90 Å². The molecule has 2 nitrogen and oxygen atoms in total. The van der Waals surface area contributed by atoms with Gasteiger partial charge in [0, 0.05) is 11.3 Å². The van der Waals surface area contributed by atoms with Gasteiger partial charge in [-0.3, -0.25) is 9.69 Å². The summed E-state index contributed by atoms with van der Waals surface area (Å²) >= 11 is 1.47. The molecule has 1 saturated heterocycles. The van der Waals surface area contributed by atoms with E-state index in [1.54, 1.807) is 17.0 Å². The summed E-state index contributed by atoms with van der Waals surface area (Å²) in [5.74, 6) is 0.583. The molecule has 0 radical (unpaired) electrons. The summed E-state index contributed by atoms with van der Waals surface area (Å²) in [6, 6.07) is 14.6. The molecule has 1 amide bonds. The summed E-state index contributed by atoms with van der Waals surface area (Å²) < 4.78 is 14.1. The second-order valence-electron chi connectivity index (χ2n) is 5.69. The van der Waals surface area contributed by atoms with E-state index >= 15 is 0 Å². The average Bonchev–Trinajstić information content (AvgIpc) is 2.89. The quantitative estimate of drug-likeness (QED) is 0.816. The standard InChI is InChI=1S/C18H18FNOS/c1-12(2)13-7-9-14(10-8-13)20-17(21)11-22-18(20)15-5-3-4-6-16(15)19/h3-10,12,18H,11H2,1-2H3/t18-/m1/s1. The number of rotatable bonds is 3. The Kier molecular flexibility index (Phi) is 4.21. The molecule has 4 heteroatoms. The van der Waals surface area contributed by atoms with Crippen LogP contribution in [0.4, 0.5) is 10.1 Å². The number of benzene rings is 2. The first-order valence-corrected chi connectivity index (χ1v) is 8.41. The van der Waals surface area contributed by atoms with Gasteiger partial charge in [0.2, 0.25) is 5.91 Å². The Morgan fingerprint density at radius 1 is 1.14 bits per heavy atom. The van der Waals surface area contributed by atoms with Gasteiger partial charge in [0.25, 0.3) is 0 Å². The number of halogens is 1. The minimum Gasteiger partial charge on any atom is -0.295 e. The van der Waals surface area contributed by atoms with E-state index in [9.17, 15) is 9.18 Å². The molecule has 1 fully saturated rings. The van der Waals surface area contributed by atoms with E-state index in [0.717, 1.165) is 5.69 Å². The second-order valence-corrected chi connectivity index (χ2v) is 6.76. The largest absolute Gasteiger partial charge is 0.295 e. The molecular formula is C18H18FNOS. The van der Waals surface area contributed by atoms with Crippen LogP contribution in [-0.2, 0) is 4.79 Å². The van der Waals surface area contributed by atoms with Crippen LogP contribution in [0.5, 0.6) is 0 Å². The topological polar surface area (TPSA) is 20.3 Å². The Hall–Kier alpha value is -1.81. The Morgan fingerprint density at radius 2 is 1.82 bits per heavy atom. The minimum atomic E-state index is -0.293. The normalized spacial score (nSPS) is 18.3. The summed E-state index contributed by atoms with van der Waals surface area (Å²) in [7, 11) is 0. The van der Waals surface area contributed by atoms with Gasteiger partial charge in [-0.15, -0.1) is 11.8 Å². The molecule has 0 N–H and O–H groups in total. The molecule has 0 aromatic heterocycles. The molecule has 1 atom stereocenters. The maximum absolute atomic E-state index is 14.1. The molecule has 0 unspecified atom stereocenters. The van der Waals surface area contributed by atoms with Crippen LogP contribution in [0.1, 0.15) is 36.3 Å². The number of carbonyl (C=O) groups excluding carboxylic acids is 1. The van der Waals surface area contributed by atoms with Crippen LogP contribution in [0.3, 0.4) is 0 Å². The zero-order valence-corrected chi connectivity index (χ0v) is 13.4. The number of thioether (sulfide) groups is 1. The first-order valence-electron chi connectivity index (χ1n) is 7.36. The number of anilines is 1. The van der Waals surface area contributed by atoms with E-state index < -0.39 is 0 Å². The fourth-order valence-corrected chi connectivity index (χ4v) is 3.83. The minimum absolute atomic E-state index is 0.0237. The van der Waals surface area contributed by atoms with Crippen molar-refractivity contribution >= 4 is 23.4 Å². The van der Waals surface area contributed by atoms with Crippen molar-refractivity contribution in [1.29, 1.82) is 0 Å². The lowest BCUT2D eigenvalue weighted by Gasteiger charge is -2.25. The van der Waals surface area contributed by atoms with Crippen LogP contribution in [-0.4, -0.2) is 11.7 Å². The molecule has 1 aliphatic rings. The molecule has 114 valence electrons. The van der Waals surface area contributed by atoms with Crippen molar-refractivity contribution in [1.82, 2.24) is 0 Å². The number of amides is 1. The predicted octanol–water partition coefficient (Wildman–Crippen LogP) is 4.73. The van der Waals surface area contributed by atoms with Crippen LogP contribution in [0, 0.1) is 5.82 Å². The third-order valence-corrected chi connectivity index (χ3v) is 5.07. The van der Waals surface area contributed by atoms with Gasteiger partial charge in [0.05, 0.1) is 5.75 Å². The molecule has 22 heavy (non-hydrogen) atoms. The highest BCUT2D eigenvalue weighted by Crippen LogP contribution is 2.42. The van der Waals surface area contributed by atoms with Gasteiger partial charge >= 0.3 is 0 Å². The molecule has 0 spiro atoms. The summed E-state index contributed by atoms with van der Waals surface area (Å²) in [4.78, 5) is 14.0. The van der Waals surface area contributed by atoms with Gasteiger partial charge < -0.3 is 0 Å². The van der Waals surface area contributed by atoms with Crippen LogP contribution in [0.25, 0.3) is 0 Å². The highest BCUT2D eigenvalue weighted by molar-refractivity contribution is 8.00. The molecule has 1 aliphatic heterocycles. The fourth-order valence-electron chi connectivity index (χ4n) is 2.63. The first-order chi connectivity index (χ1) is 10.6. The van der Waals surface area contributed by atoms with Crippen molar-refractivity contribution in [3.8, 4) is 0 Å². The van der Waals surface area contributed by atoms with Gasteiger partial charge in [0.15, 0.2) is 0 Å². The molecule has 0 aliphatic carbocycles. The Labute approximate surface area is 134 Å². The number of carbonyl (C=O) groups is 1. The molecule has 0 saturated carbocycles. The van der Waals surface area contributed by atoms with Crippen molar-refractivity contribution < 1.29 is 9.18 Å². The third kappa shape index (κ3) is 2.75. The predicted molar refractivity (Wildman–Crippen MR) is 89.6 cm³/mol. The average molecular weight is 315 g/mol. The molecule has 3 rings (SSSR count). The van der Waals surface area contributed by atoms with Crippen molar-refractivity contribution in [2.45, 2.75) is 25.1 Å². The summed E-state index contributed by atoms with van der Waals surface area (Å²) in [5.41, 5.74) is 2.62. The van der Waals surface area contributed by atoms with Crippen molar-refractivity contribution in [2.24, 2.45) is 0 Å². The van der Waals surface area contributed by atoms with E-state index in [1.807, 2.05) is 30.3 Å². The maximum Gasteiger partial charge on any atom is 0.238 e. The number of nitrogens with zero attached hydrogens (tertiary/aromatic N) is 1. The lowest BCUT2D eigenvalue weighted by molar-refractivity contribution is -0.115. The van der Waals surface area contributed by atoms with Gasteiger partial charge in [-0.05, 0) is 29.7 Å². The zero-order chi connectivity index (χ0) is 15.7. The summed E-state index contributed by atoms with van der Waals surface area (Å²) in [6.45, 7) is 4.27. The third-order valence-electron chi connectivity index (χ3n) is 3.88. The van der Waals surface area contributed by atoms with Crippen LogP contribution in [0.15, 0.2) is 48.5 Å². The van der Waals surface area contributed by atoms with Gasteiger partial charge in [-0.2, -0.15) is 0 Å². The second kappa shape index (κ2) is 6.13. The van der Waals surface area contributed by atoms with E-state index in [4.69, 9.17) is 0 Å². The van der Waals surface area contributed by atoms with Crippen LogP contribution >= 0.6 is 11.8 Å². The molecule has 1 heterocycles. The Balaban J connectivity index is 1.96. The summed E-state index contributed by atoms with van der Waals surface area (Å²) in [6.07, 6.45) is 0. The molecular weight excluding hydrogens is 297 g/mol. The number of hydrogen-bond acceptors (Lipinski definition) is 2. The lowest BCUT2D eigenvalue weighted by atomic mass is 10.0. The Morgan fingerprint density at radius 3 is 2.45 bits per heavy atom. The van der Waals surface area contributed by atoms with Crippen LogP contribution in [0.2, 0.25) is 0 Å². The smallest absolute Gasteiger partial charge is 0.238 e. The summed E-state index contributed by atoms with van der Waals surface area (Å²) in [5, 5.41) is -0.293. The van der Waals surface area contributed by atoms with E-state index in [1.165, 1.54) is 23.4 Å². The molecule has 2 aromatic rings. The van der Waals surface area contributed by atoms with E-state index in [-0.39, 0.29) is 17.1 Å². The highest BCUT2D eigenvalue weighted by Gasteiger charge is 2.35. The van der Waals surface area contributed by atoms with E-state index in [0.29, 0.717) is 17.2 Å². The van der Waals surface area contributed by atoms with Crippen molar-refractivity contribution in [3.63, 3.8) is 0 Å². The van der Waals surface area contributed by atoms with Gasteiger partial charge in [-0.25, -0.2) is 4.39 Å². The Bertz CT molecular complexity index is 684. The lowest BCUT2D eigenvalue weighted by Crippen LogP contribution is -2.28. The monoisotopic (exact) mass is 315 g/mol. The maximum atomic E-state index is 14.1. The van der Waals surface area contributed by atoms with Gasteiger partial charge in [-0.1, -0.05) is 44.2 Å². The SMILES string of the molecule is CC(C)c1ccc(N2C(=O)CS[C@@H]2c2ccccc2F)cc1. The zero-order valence-electron chi connectivity index (χ0n) is 12.6. The molecule has 0 bridgehead atoms. The van der Waals surface area contributed by atoms with E-state index in [2.05, 4.69) is 13.8 Å². The molecule has 2 aromatic carbocycles.